The average molecular weight is 297 g/mol. The Morgan fingerprint density at radius 3 is 3.09 bits per heavy atom. The zero-order valence-corrected chi connectivity index (χ0v) is 12.4. The van der Waals surface area contributed by atoms with Gasteiger partial charge in [-0.3, -0.25) is 9.59 Å². The lowest BCUT2D eigenvalue weighted by Crippen LogP contribution is -2.44. The van der Waals surface area contributed by atoms with E-state index in [1.807, 2.05) is 24.3 Å². The molecule has 4 heteroatoms. The average Bonchev–Trinajstić information content (AvgIpc) is 3.17. The smallest absolute Gasteiger partial charge is 0.224 e. The van der Waals surface area contributed by atoms with E-state index in [1.54, 1.807) is 6.08 Å². The van der Waals surface area contributed by atoms with Crippen molar-refractivity contribution >= 4 is 11.7 Å². The van der Waals surface area contributed by atoms with Gasteiger partial charge in [-0.1, -0.05) is 18.2 Å². The maximum Gasteiger partial charge on any atom is 0.224 e. The number of fused-ring (bicyclic) bond motifs is 3. The van der Waals surface area contributed by atoms with Gasteiger partial charge in [0.05, 0.1) is 12.0 Å². The lowest BCUT2D eigenvalue weighted by molar-refractivity contribution is -0.123. The molecule has 0 saturated heterocycles. The summed E-state index contributed by atoms with van der Waals surface area (Å²) >= 11 is 0. The molecule has 1 aromatic carbocycles. The minimum Gasteiger partial charge on any atom is -0.486 e. The fourth-order valence-corrected chi connectivity index (χ4v) is 4.41. The van der Waals surface area contributed by atoms with E-state index in [-0.39, 0.29) is 23.5 Å². The molecular formula is C18H19NO3. The van der Waals surface area contributed by atoms with E-state index in [2.05, 4.69) is 11.9 Å². The van der Waals surface area contributed by atoms with Crippen molar-refractivity contribution < 1.29 is 14.3 Å². The summed E-state index contributed by atoms with van der Waals surface area (Å²) in [5.74, 6) is 1.42. The Bertz CT molecular complexity index is 668. The van der Waals surface area contributed by atoms with E-state index in [9.17, 15) is 9.59 Å². The van der Waals surface area contributed by atoms with Gasteiger partial charge in [0.25, 0.3) is 0 Å². The Kier molecular flexibility index (Phi) is 2.90. The highest BCUT2D eigenvalue weighted by Gasteiger charge is 2.70. The largest absolute Gasteiger partial charge is 0.486 e. The van der Waals surface area contributed by atoms with E-state index in [1.165, 1.54) is 0 Å². The summed E-state index contributed by atoms with van der Waals surface area (Å²) in [4.78, 5) is 24.7. The Labute approximate surface area is 129 Å². The van der Waals surface area contributed by atoms with Crippen LogP contribution in [0.2, 0.25) is 0 Å². The number of amides is 1. The number of hydrogen-bond donors (Lipinski definition) is 1. The molecule has 1 heterocycles. The summed E-state index contributed by atoms with van der Waals surface area (Å²) in [6.45, 7) is 4.11. The molecule has 114 valence electrons. The van der Waals surface area contributed by atoms with Crippen LogP contribution in [-0.4, -0.2) is 23.8 Å². The monoisotopic (exact) mass is 297 g/mol. The second kappa shape index (κ2) is 4.70. The van der Waals surface area contributed by atoms with Crippen LogP contribution in [0.1, 0.15) is 29.6 Å². The van der Waals surface area contributed by atoms with Gasteiger partial charge in [0.15, 0.2) is 5.78 Å². The first-order chi connectivity index (χ1) is 10.7. The van der Waals surface area contributed by atoms with Gasteiger partial charge in [0, 0.05) is 18.4 Å². The quantitative estimate of drug-likeness (QED) is 0.871. The molecule has 1 N–H and O–H groups in total. The summed E-state index contributed by atoms with van der Waals surface area (Å²) in [6, 6.07) is 7.42. The number of carbonyl (C=O) groups is 2. The number of carbonyl (C=O) groups excluding carboxylic acids is 2. The first-order valence-corrected chi connectivity index (χ1v) is 7.86. The Morgan fingerprint density at radius 2 is 2.27 bits per heavy atom. The Balaban J connectivity index is 1.58. The van der Waals surface area contributed by atoms with Crippen LogP contribution in [0.25, 0.3) is 0 Å². The lowest BCUT2D eigenvalue weighted by Gasteiger charge is -2.37. The van der Waals surface area contributed by atoms with Crippen LogP contribution >= 0.6 is 0 Å². The Morgan fingerprint density at radius 1 is 1.45 bits per heavy atom. The van der Waals surface area contributed by atoms with Crippen LogP contribution in [0, 0.1) is 17.8 Å². The van der Waals surface area contributed by atoms with Gasteiger partial charge in [0.2, 0.25) is 5.91 Å². The van der Waals surface area contributed by atoms with Gasteiger partial charge in [0.1, 0.15) is 11.4 Å². The Hall–Kier alpha value is -2.10. The normalized spacial score (nSPS) is 34.5. The van der Waals surface area contributed by atoms with Crippen molar-refractivity contribution in [3.63, 3.8) is 0 Å². The van der Waals surface area contributed by atoms with Crippen LogP contribution in [0.15, 0.2) is 36.9 Å². The molecule has 4 rings (SSSR count). The maximum atomic E-state index is 12.5. The van der Waals surface area contributed by atoms with E-state index in [4.69, 9.17) is 4.74 Å². The first kappa shape index (κ1) is 13.6. The molecule has 3 aliphatic rings. The van der Waals surface area contributed by atoms with Gasteiger partial charge in [-0.2, -0.15) is 0 Å². The molecule has 22 heavy (non-hydrogen) atoms. The third kappa shape index (κ3) is 1.83. The summed E-state index contributed by atoms with van der Waals surface area (Å²) in [7, 11) is 0. The van der Waals surface area contributed by atoms with Crippen LogP contribution in [0.3, 0.4) is 0 Å². The van der Waals surface area contributed by atoms with E-state index in [0.717, 1.165) is 12.8 Å². The number of ether oxygens (including phenoxy) is 1. The molecule has 1 aliphatic heterocycles. The van der Waals surface area contributed by atoms with E-state index < -0.39 is 5.60 Å². The van der Waals surface area contributed by atoms with Gasteiger partial charge in [-0.05, 0) is 30.9 Å². The molecule has 4 atom stereocenters. The number of ketones is 1. The molecule has 4 nitrogen and oxygen atoms in total. The zero-order chi connectivity index (χ0) is 15.3. The molecule has 2 aliphatic carbocycles. The minimum absolute atomic E-state index is 0.00763. The summed E-state index contributed by atoms with van der Waals surface area (Å²) in [5.41, 5.74) is 0.205. The molecule has 1 amide bonds. The molecule has 0 bridgehead atoms. The molecule has 1 aromatic rings. The second-order valence-corrected chi connectivity index (χ2v) is 6.55. The minimum atomic E-state index is -0.466. The highest BCUT2D eigenvalue weighted by molar-refractivity contribution is 6.00. The summed E-state index contributed by atoms with van der Waals surface area (Å²) in [6.07, 6.45) is 3.92. The van der Waals surface area contributed by atoms with Gasteiger partial charge < -0.3 is 10.1 Å². The topological polar surface area (TPSA) is 55.4 Å². The molecular weight excluding hydrogens is 278 g/mol. The SMILES string of the molecule is C=CCNC(=O)[C@@H]1[C@@H]2CC[C@]3(CC(=O)c4ccccc4O3)[C@H]21. The number of nitrogens with one attached hydrogen (secondary N) is 1. The second-order valence-electron chi connectivity index (χ2n) is 6.55. The molecule has 2 fully saturated rings. The summed E-state index contributed by atoms with van der Waals surface area (Å²) in [5, 5.41) is 2.88. The van der Waals surface area contributed by atoms with E-state index >= 15 is 0 Å². The third-order valence-electron chi connectivity index (χ3n) is 5.36. The van der Waals surface area contributed by atoms with Crippen molar-refractivity contribution in [2.45, 2.75) is 24.9 Å². The molecule has 0 radical (unpaired) electrons. The number of Topliss-reactive ketones (excluding diaryl/α,β-unsaturated/α-hetero) is 1. The van der Waals surface area contributed by atoms with Crippen LogP contribution in [0.4, 0.5) is 0 Å². The highest BCUT2D eigenvalue weighted by atomic mass is 16.5. The van der Waals surface area contributed by atoms with Crippen LogP contribution in [0.5, 0.6) is 5.75 Å². The van der Waals surface area contributed by atoms with Crippen molar-refractivity contribution in [3.8, 4) is 5.75 Å². The van der Waals surface area contributed by atoms with Gasteiger partial charge in [-0.25, -0.2) is 0 Å². The lowest BCUT2D eigenvalue weighted by atomic mass is 9.84. The molecule has 0 aromatic heterocycles. The standard InChI is InChI=1S/C18H19NO3/c1-2-9-19-17(21)15-12-7-8-18(16(12)15)10-13(20)11-5-3-4-6-14(11)22-18/h2-6,12,15-16H,1,7-10H2,(H,19,21)/t12-,15+,16+,18-/m0/s1. The summed E-state index contributed by atoms with van der Waals surface area (Å²) < 4.78 is 6.27. The zero-order valence-electron chi connectivity index (χ0n) is 12.4. The van der Waals surface area contributed by atoms with Crippen molar-refractivity contribution in [2.75, 3.05) is 6.54 Å². The number of benzene rings is 1. The van der Waals surface area contributed by atoms with Crippen LogP contribution in [-0.2, 0) is 4.79 Å². The molecule has 1 spiro atoms. The van der Waals surface area contributed by atoms with E-state index in [0.29, 0.717) is 30.2 Å². The maximum absolute atomic E-state index is 12.5. The fraction of sp³-hybridized carbons (Fsp3) is 0.444. The highest BCUT2D eigenvalue weighted by Crippen LogP contribution is 2.65. The van der Waals surface area contributed by atoms with Gasteiger partial charge in [-0.15, -0.1) is 6.58 Å². The van der Waals surface area contributed by atoms with Crippen molar-refractivity contribution in [1.29, 1.82) is 0 Å². The number of hydrogen-bond acceptors (Lipinski definition) is 3. The fourth-order valence-electron chi connectivity index (χ4n) is 4.41. The molecule has 2 saturated carbocycles. The number of rotatable bonds is 3. The molecule has 0 unspecified atom stereocenters. The van der Waals surface area contributed by atoms with Crippen molar-refractivity contribution in [3.05, 3.63) is 42.5 Å². The van der Waals surface area contributed by atoms with Crippen molar-refractivity contribution in [2.24, 2.45) is 17.8 Å². The number of para-hydroxylation sites is 1. The predicted octanol–water partition coefficient (Wildman–Crippen LogP) is 2.35. The third-order valence-corrected chi connectivity index (χ3v) is 5.36. The first-order valence-electron chi connectivity index (χ1n) is 7.86. The predicted molar refractivity (Wildman–Crippen MR) is 81.7 cm³/mol. The van der Waals surface area contributed by atoms with Crippen molar-refractivity contribution in [1.82, 2.24) is 5.32 Å². The van der Waals surface area contributed by atoms with Crippen LogP contribution < -0.4 is 10.1 Å². The van der Waals surface area contributed by atoms with Gasteiger partial charge >= 0.3 is 0 Å².